The van der Waals surface area contributed by atoms with E-state index in [4.69, 9.17) is 5.73 Å². The number of hydrogen-bond donors (Lipinski definition) is 3. The van der Waals surface area contributed by atoms with Crippen LogP contribution in [0.2, 0.25) is 0 Å². The number of amides is 1. The fourth-order valence-corrected chi connectivity index (χ4v) is 1.66. The average Bonchev–Trinajstić information content (AvgIpc) is 2.35. The van der Waals surface area contributed by atoms with Crippen LogP contribution in [-0.2, 0) is 4.79 Å². The van der Waals surface area contributed by atoms with E-state index in [0.717, 1.165) is 5.56 Å². The summed E-state index contributed by atoms with van der Waals surface area (Å²) in [4.78, 5) is 22.6. The molecule has 1 unspecified atom stereocenters. The molecule has 5 heteroatoms. The summed E-state index contributed by atoms with van der Waals surface area (Å²) < 4.78 is 0. The van der Waals surface area contributed by atoms with Crippen molar-refractivity contribution in [3.05, 3.63) is 29.3 Å². The largest absolute Gasteiger partial charge is 0.481 e. The molecule has 19 heavy (non-hydrogen) atoms. The lowest BCUT2D eigenvalue weighted by molar-refractivity contribution is -0.147. The molecule has 1 aromatic carbocycles. The first kappa shape index (κ1) is 15.0. The standard InChI is InChI=1S/C14H20N2O3/c1-4-14(3,13(18)19)8-16-11-7-9(2)5-6-10(11)12(15)17/h5-7,16H,4,8H2,1-3H3,(H2,15,17)(H,18,19). The number of aryl methyl sites for hydroxylation is 1. The molecule has 0 bridgehead atoms. The van der Waals surface area contributed by atoms with E-state index in [1.807, 2.05) is 13.8 Å². The highest BCUT2D eigenvalue weighted by molar-refractivity contribution is 5.98. The Balaban J connectivity index is 2.97. The second-order valence-corrected chi connectivity index (χ2v) is 4.99. The molecule has 0 aliphatic carbocycles. The number of anilines is 1. The third-order valence-electron chi connectivity index (χ3n) is 3.41. The zero-order valence-electron chi connectivity index (χ0n) is 11.5. The molecule has 0 saturated carbocycles. The predicted molar refractivity (Wildman–Crippen MR) is 74.2 cm³/mol. The van der Waals surface area contributed by atoms with Crippen LogP contribution >= 0.6 is 0 Å². The molecule has 0 fully saturated rings. The Morgan fingerprint density at radius 2 is 2.05 bits per heavy atom. The van der Waals surface area contributed by atoms with Crippen molar-refractivity contribution in [1.29, 1.82) is 0 Å². The Morgan fingerprint density at radius 3 is 2.53 bits per heavy atom. The zero-order chi connectivity index (χ0) is 14.6. The molecule has 1 atom stereocenters. The van der Waals surface area contributed by atoms with Gasteiger partial charge in [0.25, 0.3) is 5.91 Å². The van der Waals surface area contributed by atoms with Crippen LogP contribution in [0.3, 0.4) is 0 Å². The molecule has 0 aliphatic heterocycles. The number of carbonyl (C=O) groups excluding carboxylic acids is 1. The minimum absolute atomic E-state index is 0.239. The van der Waals surface area contributed by atoms with Crippen molar-refractivity contribution in [2.75, 3.05) is 11.9 Å². The quantitative estimate of drug-likeness (QED) is 0.732. The maximum absolute atomic E-state index is 11.3. The summed E-state index contributed by atoms with van der Waals surface area (Å²) in [6.07, 6.45) is 0.493. The van der Waals surface area contributed by atoms with E-state index >= 15 is 0 Å². The van der Waals surface area contributed by atoms with Gasteiger partial charge >= 0.3 is 5.97 Å². The molecular weight excluding hydrogens is 244 g/mol. The Labute approximate surface area is 112 Å². The molecule has 104 valence electrons. The molecule has 0 heterocycles. The van der Waals surface area contributed by atoms with Gasteiger partial charge in [-0.2, -0.15) is 0 Å². The van der Waals surface area contributed by atoms with Gasteiger partial charge < -0.3 is 16.2 Å². The highest BCUT2D eigenvalue weighted by Gasteiger charge is 2.31. The van der Waals surface area contributed by atoms with Gasteiger partial charge in [0.15, 0.2) is 0 Å². The number of aliphatic carboxylic acids is 1. The number of nitrogens with one attached hydrogen (secondary N) is 1. The number of carboxylic acids is 1. The van der Waals surface area contributed by atoms with Crippen molar-refractivity contribution in [3.63, 3.8) is 0 Å². The van der Waals surface area contributed by atoms with E-state index in [1.54, 1.807) is 25.1 Å². The second kappa shape index (κ2) is 5.73. The third-order valence-corrected chi connectivity index (χ3v) is 3.41. The molecule has 0 radical (unpaired) electrons. The second-order valence-electron chi connectivity index (χ2n) is 4.99. The number of carboxylic acid groups (broad SMARTS) is 1. The number of hydrogen-bond acceptors (Lipinski definition) is 3. The number of rotatable bonds is 6. The van der Waals surface area contributed by atoms with Crippen LogP contribution in [0.1, 0.15) is 36.2 Å². The minimum atomic E-state index is -0.876. The van der Waals surface area contributed by atoms with Crippen molar-refractivity contribution < 1.29 is 14.7 Å². The van der Waals surface area contributed by atoms with Gasteiger partial charge in [-0.05, 0) is 38.0 Å². The Kier molecular flexibility index (Phi) is 4.53. The summed E-state index contributed by atoms with van der Waals surface area (Å²) in [5, 5.41) is 12.2. The number of carbonyl (C=O) groups is 2. The Bertz CT molecular complexity index is 499. The van der Waals surface area contributed by atoms with E-state index in [-0.39, 0.29) is 6.54 Å². The van der Waals surface area contributed by atoms with Crippen LogP contribution in [0.5, 0.6) is 0 Å². The van der Waals surface area contributed by atoms with Crippen LogP contribution in [-0.4, -0.2) is 23.5 Å². The van der Waals surface area contributed by atoms with Gasteiger partial charge in [0.2, 0.25) is 0 Å². The minimum Gasteiger partial charge on any atom is -0.481 e. The summed E-state index contributed by atoms with van der Waals surface area (Å²) in [5.41, 5.74) is 6.34. The van der Waals surface area contributed by atoms with Gasteiger partial charge in [0, 0.05) is 12.2 Å². The first-order chi connectivity index (χ1) is 8.80. The van der Waals surface area contributed by atoms with Crippen LogP contribution in [0.15, 0.2) is 18.2 Å². The van der Waals surface area contributed by atoms with E-state index < -0.39 is 17.3 Å². The summed E-state index contributed by atoms with van der Waals surface area (Å²) in [6.45, 7) is 5.62. The maximum Gasteiger partial charge on any atom is 0.311 e. The first-order valence-corrected chi connectivity index (χ1v) is 6.18. The molecule has 1 rings (SSSR count). The third kappa shape index (κ3) is 3.47. The molecule has 0 saturated heterocycles. The summed E-state index contributed by atoms with van der Waals surface area (Å²) in [5.74, 6) is -1.40. The van der Waals surface area contributed by atoms with Gasteiger partial charge in [-0.3, -0.25) is 9.59 Å². The normalized spacial score (nSPS) is 13.6. The molecule has 0 aromatic heterocycles. The molecule has 1 amide bonds. The number of nitrogens with two attached hydrogens (primary N) is 1. The molecule has 0 spiro atoms. The summed E-state index contributed by atoms with van der Waals surface area (Å²) >= 11 is 0. The van der Waals surface area contributed by atoms with Crippen LogP contribution in [0, 0.1) is 12.3 Å². The van der Waals surface area contributed by atoms with Crippen LogP contribution in [0.4, 0.5) is 5.69 Å². The van der Waals surface area contributed by atoms with Gasteiger partial charge in [0.05, 0.1) is 11.0 Å². The van der Waals surface area contributed by atoms with Crippen molar-refractivity contribution >= 4 is 17.6 Å². The van der Waals surface area contributed by atoms with E-state index in [0.29, 0.717) is 17.7 Å². The lowest BCUT2D eigenvalue weighted by Crippen LogP contribution is -2.34. The topological polar surface area (TPSA) is 92.4 Å². The fraction of sp³-hybridized carbons (Fsp3) is 0.429. The smallest absolute Gasteiger partial charge is 0.311 e. The SMILES string of the molecule is CCC(C)(CNc1cc(C)ccc1C(N)=O)C(=O)O. The van der Waals surface area contributed by atoms with Gasteiger partial charge in [0.1, 0.15) is 0 Å². The Morgan fingerprint density at radius 1 is 1.42 bits per heavy atom. The summed E-state index contributed by atoms with van der Waals surface area (Å²) in [6, 6.07) is 5.23. The molecule has 4 N–H and O–H groups in total. The highest BCUT2D eigenvalue weighted by atomic mass is 16.4. The lowest BCUT2D eigenvalue weighted by atomic mass is 9.87. The predicted octanol–water partition coefficient (Wildman–Crippen LogP) is 2.01. The molecule has 5 nitrogen and oxygen atoms in total. The average molecular weight is 264 g/mol. The number of primary amides is 1. The molecule has 0 aliphatic rings. The van der Waals surface area contributed by atoms with Gasteiger partial charge in [-0.15, -0.1) is 0 Å². The van der Waals surface area contributed by atoms with Crippen molar-refractivity contribution in [2.24, 2.45) is 11.1 Å². The lowest BCUT2D eigenvalue weighted by Gasteiger charge is -2.24. The monoisotopic (exact) mass is 264 g/mol. The Hall–Kier alpha value is -2.04. The van der Waals surface area contributed by atoms with Gasteiger partial charge in [-0.1, -0.05) is 13.0 Å². The number of benzene rings is 1. The van der Waals surface area contributed by atoms with E-state index in [2.05, 4.69) is 5.32 Å². The summed E-state index contributed by atoms with van der Waals surface area (Å²) in [7, 11) is 0. The van der Waals surface area contributed by atoms with Crippen LogP contribution < -0.4 is 11.1 Å². The highest BCUT2D eigenvalue weighted by Crippen LogP contribution is 2.24. The van der Waals surface area contributed by atoms with Crippen molar-refractivity contribution in [3.8, 4) is 0 Å². The molecule has 1 aromatic rings. The zero-order valence-corrected chi connectivity index (χ0v) is 11.5. The maximum atomic E-state index is 11.3. The molecular formula is C14H20N2O3. The van der Waals surface area contributed by atoms with Crippen LogP contribution in [0.25, 0.3) is 0 Å². The fourth-order valence-electron chi connectivity index (χ4n) is 1.66. The van der Waals surface area contributed by atoms with Crippen molar-refractivity contribution in [2.45, 2.75) is 27.2 Å². The van der Waals surface area contributed by atoms with Crippen molar-refractivity contribution in [1.82, 2.24) is 0 Å². The first-order valence-electron chi connectivity index (χ1n) is 6.18. The van der Waals surface area contributed by atoms with E-state index in [9.17, 15) is 14.7 Å². The van der Waals surface area contributed by atoms with Gasteiger partial charge in [-0.25, -0.2) is 0 Å². The van der Waals surface area contributed by atoms with E-state index in [1.165, 1.54) is 0 Å².